The largest absolute Gasteiger partial charge is 0.238 e. The van der Waals surface area contributed by atoms with Crippen LogP contribution in [0, 0.1) is 38.2 Å². The molecule has 2 aromatic rings. The predicted molar refractivity (Wildman–Crippen MR) is 166 cm³/mol. The Morgan fingerprint density at radius 3 is 2.00 bits per heavy atom. The van der Waals surface area contributed by atoms with Crippen molar-refractivity contribution >= 4 is 40.6 Å². The Bertz CT molecular complexity index is 1330. The zero-order valence-electron chi connectivity index (χ0n) is 24.9. The summed E-state index contributed by atoms with van der Waals surface area (Å²) in [6.45, 7) is 29.8. The molecule has 0 amide bonds. The fourth-order valence-electron chi connectivity index (χ4n) is 6.78. The summed E-state index contributed by atoms with van der Waals surface area (Å²) in [5.74, 6) is 2.13. The minimum absolute atomic E-state index is 0.332. The van der Waals surface area contributed by atoms with Crippen LogP contribution in [0.25, 0.3) is 4.85 Å². The van der Waals surface area contributed by atoms with Crippen LogP contribution in [-0.2, 0) is 13.1 Å². The van der Waals surface area contributed by atoms with Crippen molar-refractivity contribution in [3.63, 3.8) is 0 Å². The van der Waals surface area contributed by atoms with Crippen molar-refractivity contribution < 1.29 is 9.15 Å². The molecule has 0 radical (unpaired) electrons. The van der Waals surface area contributed by atoms with Gasteiger partial charge in [0.15, 0.2) is 36.2 Å². The van der Waals surface area contributed by atoms with Gasteiger partial charge in [0.2, 0.25) is 0 Å². The van der Waals surface area contributed by atoms with Gasteiger partial charge in [-0.05, 0) is 56.9 Å². The molecule has 1 saturated carbocycles. The molecule has 1 fully saturated rings. The van der Waals surface area contributed by atoms with Crippen molar-refractivity contribution in [2.75, 3.05) is 11.8 Å². The lowest BCUT2D eigenvalue weighted by Crippen LogP contribution is -2.47. The van der Waals surface area contributed by atoms with Crippen molar-refractivity contribution in [3.8, 4) is 0 Å². The molecule has 0 saturated heterocycles. The number of rotatable bonds is 0. The van der Waals surface area contributed by atoms with E-state index in [2.05, 4.69) is 88.4 Å². The first-order chi connectivity index (χ1) is 17.8. The minimum Gasteiger partial charge on any atom is -0.238 e. The van der Waals surface area contributed by atoms with Crippen LogP contribution in [-0.4, -0.2) is 32.3 Å². The first kappa shape index (κ1) is 29.0. The summed E-state index contributed by atoms with van der Waals surface area (Å²) in [7, 11) is 0. The lowest BCUT2D eigenvalue weighted by Gasteiger charge is -2.40. The number of thioether (sulfide) groups is 2. The van der Waals surface area contributed by atoms with Crippen LogP contribution in [0.1, 0.15) is 88.6 Å². The summed E-state index contributed by atoms with van der Waals surface area (Å²) in [6, 6.07) is 8.72. The van der Waals surface area contributed by atoms with Gasteiger partial charge in [-0.2, -0.15) is 0 Å². The molecule has 0 N–H and O–H groups in total. The maximum atomic E-state index is 7.09. The van der Waals surface area contributed by atoms with Crippen molar-refractivity contribution in [1.82, 2.24) is 0 Å². The summed E-state index contributed by atoms with van der Waals surface area (Å²) >= 11 is 3.91. The highest BCUT2D eigenvalue weighted by molar-refractivity contribution is 7.99. The van der Waals surface area contributed by atoms with Gasteiger partial charge in [0.05, 0.1) is 6.57 Å². The van der Waals surface area contributed by atoms with E-state index in [1.54, 1.807) is 5.71 Å². The molecule has 2 aliphatic heterocycles. The van der Waals surface area contributed by atoms with E-state index < -0.39 is 0 Å². The number of hydrogen-bond donors (Lipinski definition) is 0. The molecule has 0 aromatic heterocycles. The third kappa shape index (κ3) is 6.07. The van der Waals surface area contributed by atoms with Crippen molar-refractivity contribution in [2.45, 2.75) is 104 Å². The molecule has 3 nitrogen and oxygen atoms in total. The summed E-state index contributed by atoms with van der Waals surface area (Å²) < 4.78 is 5.03. The quantitative estimate of drug-likeness (QED) is 0.240. The SMILES string of the molecule is Cc1cc(C)c2c(c1)C[N+](=C1C(C)(C)CCCC1(C)C)CS2.[C-]#[N+]c1cc(C)c2c(c1)C[N+](=C(C)C)CS2. The molecular weight excluding hydrogens is 503 g/mol. The zero-order chi connectivity index (χ0) is 27.8. The van der Waals surface area contributed by atoms with E-state index >= 15 is 0 Å². The summed E-state index contributed by atoms with van der Waals surface area (Å²) in [5, 5.41) is 0. The molecule has 5 rings (SSSR count). The van der Waals surface area contributed by atoms with E-state index in [-0.39, 0.29) is 0 Å². The lowest BCUT2D eigenvalue weighted by molar-refractivity contribution is -0.534. The molecule has 38 heavy (non-hydrogen) atoms. The highest BCUT2D eigenvalue weighted by atomic mass is 32.2. The molecular formula is C33H45N3S2+2. The first-order valence-corrected chi connectivity index (χ1v) is 15.8. The number of benzene rings is 2. The molecule has 5 heteroatoms. The van der Waals surface area contributed by atoms with Gasteiger partial charge in [0.1, 0.15) is 5.71 Å². The third-order valence-electron chi connectivity index (χ3n) is 8.25. The van der Waals surface area contributed by atoms with Crippen LogP contribution < -0.4 is 0 Å². The standard InChI is InChI=1S/C20H30NS.C13H15N2S/c1-14-10-15(2)17-16(11-14)12-21(13-22-17)18-19(3,4)8-7-9-20(18,5)6;1-9(2)15-7-11-6-12(14-4)5-10(3)13(11)16-8-15/h10-11H,7-9,12-13H2,1-6H3;5-6H,7-8H2,1-3H3/q2*+1. The fraction of sp³-hybridized carbons (Fsp3) is 0.545. The van der Waals surface area contributed by atoms with Gasteiger partial charge in [-0.3, -0.25) is 0 Å². The van der Waals surface area contributed by atoms with Crippen LogP contribution in [0.5, 0.6) is 0 Å². The van der Waals surface area contributed by atoms with Crippen LogP contribution in [0.4, 0.5) is 5.69 Å². The average Bonchev–Trinajstić information content (AvgIpc) is 2.82. The van der Waals surface area contributed by atoms with Gasteiger partial charge < -0.3 is 0 Å². The molecule has 0 atom stereocenters. The lowest BCUT2D eigenvalue weighted by atomic mass is 9.63. The maximum absolute atomic E-state index is 7.09. The van der Waals surface area contributed by atoms with Gasteiger partial charge in [-0.1, -0.05) is 75.3 Å². The summed E-state index contributed by atoms with van der Waals surface area (Å²) in [6.07, 6.45) is 4.01. The number of hydrogen-bond acceptors (Lipinski definition) is 2. The fourth-order valence-corrected chi connectivity index (χ4v) is 9.11. The minimum atomic E-state index is 0.332. The van der Waals surface area contributed by atoms with Gasteiger partial charge in [0, 0.05) is 45.6 Å². The molecule has 0 bridgehead atoms. The van der Waals surface area contributed by atoms with Crippen molar-refractivity contribution in [3.05, 3.63) is 63.5 Å². The Morgan fingerprint density at radius 2 is 1.39 bits per heavy atom. The van der Waals surface area contributed by atoms with Gasteiger partial charge >= 0.3 is 0 Å². The first-order valence-electron chi connectivity index (χ1n) is 13.9. The van der Waals surface area contributed by atoms with Crippen LogP contribution in [0.3, 0.4) is 0 Å². The molecule has 2 heterocycles. The van der Waals surface area contributed by atoms with Gasteiger partial charge in [0.25, 0.3) is 0 Å². The number of nitrogens with zero attached hydrogens (tertiary/aromatic N) is 3. The van der Waals surface area contributed by atoms with Gasteiger partial charge in [-0.15, -0.1) is 0 Å². The monoisotopic (exact) mass is 547 g/mol. The predicted octanol–water partition coefficient (Wildman–Crippen LogP) is 9.16. The topological polar surface area (TPSA) is 10.4 Å². The molecule has 0 spiro atoms. The Labute approximate surface area is 239 Å². The van der Waals surface area contributed by atoms with E-state index in [0.717, 1.165) is 30.5 Å². The van der Waals surface area contributed by atoms with Crippen molar-refractivity contribution in [1.29, 1.82) is 0 Å². The van der Waals surface area contributed by atoms with E-state index in [1.165, 1.54) is 62.6 Å². The Hall–Kier alpha value is -2.03. The third-order valence-corrected chi connectivity index (χ3v) is 10.9. The van der Waals surface area contributed by atoms with E-state index in [9.17, 15) is 0 Å². The van der Waals surface area contributed by atoms with E-state index in [4.69, 9.17) is 6.57 Å². The number of aryl methyl sites for hydroxylation is 3. The highest BCUT2D eigenvalue weighted by Gasteiger charge is 2.47. The summed E-state index contributed by atoms with van der Waals surface area (Å²) in [4.78, 5) is 6.41. The Morgan fingerprint density at radius 1 is 0.816 bits per heavy atom. The Kier molecular flexibility index (Phi) is 8.55. The molecule has 2 aromatic carbocycles. The zero-order valence-corrected chi connectivity index (χ0v) is 26.6. The molecule has 0 unspecified atom stereocenters. The van der Waals surface area contributed by atoms with E-state index in [1.807, 2.05) is 35.7 Å². The van der Waals surface area contributed by atoms with Gasteiger partial charge in [-0.25, -0.2) is 14.0 Å². The molecule has 202 valence electrons. The number of fused-ring (bicyclic) bond motifs is 2. The molecule has 1 aliphatic carbocycles. The summed E-state index contributed by atoms with van der Waals surface area (Å²) in [5.41, 5.74) is 11.3. The second-order valence-electron chi connectivity index (χ2n) is 12.8. The van der Waals surface area contributed by atoms with Crippen LogP contribution >= 0.6 is 23.5 Å². The second kappa shape index (κ2) is 11.2. The average molecular weight is 548 g/mol. The van der Waals surface area contributed by atoms with Crippen LogP contribution in [0.15, 0.2) is 34.1 Å². The highest BCUT2D eigenvalue weighted by Crippen LogP contribution is 2.45. The van der Waals surface area contributed by atoms with Crippen molar-refractivity contribution in [2.24, 2.45) is 10.8 Å². The Balaban J connectivity index is 0.000000186. The maximum Gasteiger partial charge on any atom is 0.193 e. The van der Waals surface area contributed by atoms with E-state index in [0.29, 0.717) is 10.8 Å². The molecule has 3 aliphatic rings. The smallest absolute Gasteiger partial charge is 0.193 e. The second-order valence-corrected chi connectivity index (χ2v) is 14.7. The normalized spacial score (nSPS) is 19.5. The van der Waals surface area contributed by atoms with Crippen LogP contribution in [0.2, 0.25) is 0 Å².